The molecule has 1 aromatic heterocycles. The Morgan fingerprint density at radius 1 is 0.528 bits per heavy atom. The van der Waals surface area contributed by atoms with E-state index in [-0.39, 0.29) is 0 Å². The third-order valence-electron chi connectivity index (χ3n) is 5.75. The van der Waals surface area contributed by atoms with Gasteiger partial charge in [0.15, 0.2) is 23.0 Å². The highest BCUT2D eigenvalue weighted by Crippen LogP contribution is 2.48. The summed E-state index contributed by atoms with van der Waals surface area (Å²) in [5, 5.41) is 2.07. The van der Waals surface area contributed by atoms with E-state index >= 15 is 0 Å². The molecule has 0 bridgehead atoms. The van der Waals surface area contributed by atoms with Crippen molar-refractivity contribution < 1.29 is 28.4 Å². The summed E-state index contributed by atoms with van der Waals surface area (Å²) >= 11 is 1.70. The number of methoxy groups -OCH3 is 6. The number of hydrogen-bond donors (Lipinski definition) is 0. The second-order valence-corrected chi connectivity index (χ2v) is 8.57. The second-order valence-electron chi connectivity index (χ2n) is 7.63. The van der Waals surface area contributed by atoms with E-state index in [1.807, 2.05) is 30.3 Å². The van der Waals surface area contributed by atoms with Gasteiger partial charge < -0.3 is 33.3 Å². The summed E-state index contributed by atoms with van der Waals surface area (Å²) in [6.45, 7) is 0. The van der Waals surface area contributed by atoms with Gasteiger partial charge in [-0.1, -0.05) is 18.2 Å². The number of nitrogens with zero attached hydrogens (tertiary/aromatic N) is 1. The van der Waals surface area contributed by atoms with E-state index in [9.17, 15) is 0 Å². The molecule has 36 heavy (non-hydrogen) atoms. The molecule has 0 N–H and O–H groups in total. The fourth-order valence-electron chi connectivity index (χ4n) is 4.06. The quantitative estimate of drug-likeness (QED) is 0.230. The first-order valence-electron chi connectivity index (χ1n) is 11.1. The predicted molar refractivity (Wildman–Crippen MR) is 144 cm³/mol. The molecule has 0 fully saturated rings. The van der Waals surface area contributed by atoms with Gasteiger partial charge in [0.2, 0.25) is 11.5 Å². The van der Waals surface area contributed by atoms with Crippen molar-refractivity contribution in [2.75, 3.05) is 47.6 Å². The van der Waals surface area contributed by atoms with E-state index < -0.39 is 0 Å². The van der Waals surface area contributed by atoms with Gasteiger partial charge in [0.05, 0.1) is 54.0 Å². The Balaban J connectivity index is 1.94. The Morgan fingerprint density at radius 2 is 0.972 bits per heavy atom. The van der Waals surface area contributed by atoms with E-state index in [1.165, 1.54) is 4.88 Å². The van der Waals surface area contributed by atoms with Crippen LogP contribution >= 0.6 is 11.3 Å². The summed E-state index contributed by atoms with van der Waals surface area (Å²) in [4.78, 5) is 3.27. The van der Waals surface area contributed by atoms with E-state index in [0.29, 0.717) is 34.5 Å². The number of ether oxygens (including phenoxy) is 6. The number of rotatable bonds is 10. The van der Waals surface area contributed by atoms with Crippen LogP contribution in [0.25, 0.3) is 10.4 Å². The maximum absolute atomic E-state index is 5.64. The maximum atomic E-state index is 5.64. The summed E-state index contributed by atoms with van der Waals surface area (Å²) in [5.74, 6) is 3.20. The topological polar surface area (TPSA) is 58.6 Å². The molecule has 0 saturated carbocycles. The number of benzene rings is 3. The van der Waals surface area contributed by atoms with Crippen LogP contribution in [0.1, 0.15) is 0 Å². The molecule has 0 spiro atoms. The average Bonchev–Trinajstić information content (AvgIpc) is 3.47. The lowest BCUT2D eigenvalue weighted by molar-refractivity contribution is 0.324. The summed E-state index contributed by atoms with van der Waals surface area (Å²) < 4.78 is 33.6. The second kappa shape index (κ2) is 11.1. The van der Waals surface area contributed by atoms with E-state index in [0.717, 1.165) is 22.6 Å². The fraction of sp³-hybridized carbons (Fsp3) is 0.214. The molecule has 4 rings (SSSR count). The highest BCUT2D eigenvalue weighted by atomic mass is 32.1. The lowest BCUT2D eigenvalue weighted by Gasteiger charge is -2.28. The van der Waals surface area contributed by atoms with Gasteiger partial charge in [0.1, 0.15) is 0 Å². The molecule has 1 heterocycles. The van der Waals surface area contributed by atoms with Crippen molar-refractivity contribution in [1.82, 2.24) is 0 Å². The van der Waals surface area contributed by atoms with Crippen molar-refractivity contribution >= 4 is 28.4 Å². The van der Waals surface area contributed by atoms with Crippen molar-refractivity contribution in [2.24, 2.45) is 0 Å². The Kier molecular flexibility index (Phi) is 7.75. The number of anilines is 3. The molecule has 7 nitrogen and oxygen atoms in total. The lowest BCUT2D eigenvalue weighted by Crippen LogP contribution is -2.11. The van der Waals surface area contributed by atoms with Crippen molar-refractivity contribution in [1.29, 1.82) is 0 Å². The van der Waals surface area contributed by atoms with Crippen LogP contribution in [0.5, 0.6) is 34.5 Å². The average molecular weight is 508 g/mol. The van der Waals surface area contributed by atoms with Crippen LogP contribution in [0.3, 0.4) is 0 Å². The van der Waals surface area contributed by atoms with Gasteiger partial charge in [-0.15, -0.1) is 11.3 Å². The predicted octanol–water partition coefficient (Wildman–Crippen LogP) is 6.94. The minimum atomic E-state index is 0.515. The van der Waals surface area contributed by atoms with Crippen molar-refractivity contribution in [2.45, 2.75) is 0 Å². The molecule has 188 valence electrons. The van der Waals surface area contributed by atoms with Crippen LogP contribution in [-0.2, 0) is 0 Å². The molecule has 8 heteroatoms. The Morgan fingerprint density at radius 3 is 1.31 bits per heavy atom. The summed E-state index contributed by atoms with van der Waals surface area (Å²) in [6, 6.07) is 20.1. The van der Waals surface area contributed by atoms with Crippen LogP contribution in [0, 0.1) is 0 Å². The first-order chi connectivity index (χ1) is 17.6. The molecule has 0 aliphatic carbocycles. The molecule has 3 aromatic carbocycles. The first-order valence-corrected chi connectivity index (χ1v) is 12.0. The zero-order chi connectivity index (χ0) is 25.7. The van der Waals surface area contributed by atoms with Crippen LogP contribution in [0.4, 0.5) is 17.1 Å². The Labute approximate surface area is 215 Å². The van der Waals surface area contributed by atoms with Crippen LogP contribution in [0.15, 0.2) is 66.0 Å². The monoisotopic (exact) mass is 507 g/mol. The molecule has 0 saturated heterocycles. The van der Waals surface area contributed by atoms with Crippen molar-refractivity contribution in [3.8, 4) is 44.9 Å². The van der Waals surface area contributed by atoms with Crippen LogP contribution in [-0.4, -0.2) is 42.7 Å². The molecule has 0 aliphatic rings. The van der Waals surface area contributed by atoms with E-state index in [2.05, 4.69) is 40.6 Å². The zero-order valence-electron chi connectivity index (χ0n) is 21.2. The fourth-order valence-corrected chi connectivity index (χ4v) is 4.79. The molecule has 0 radical (unpaired) electrons. The van der Waals surface area contributed by atoms with Crippen LogP contribution < -0.4 is 33.3 Å². The molecular formula is C28H29NO6S. The minimum Gasteiger partial charge on any atom is -0.493 e. The molecule has 4 aromatic rings. The van der Waals surface area contributed by atoms with Gasteiger partial charge in [0.25, 0.3) is 0 Å². The SMILES string of the molecule is COc1cc(N(c2ccc(-c3cccs3)cc2)c2cc(OC)c(OC)c(OC)c2)cc(OC)c1OC. The first kappa shape index (κ1) is 25.1. The third-order valence-corrected chi connectivity index (χ3v) is 6.67. The molecule has 0 aliphatic heterocycles. The standard InChI is InChI=1S/C28H29NO6S/c1-30-22-14-20(15-23(31-2)27(22)34-5)29(19-11-9-18(10-12-19)26-8-7-13-36-26)21-16-24(32-3)28(35-6)25(17-21)33-4/h7-17H,1-6H3. The zero-order valence-corrected chi connectivity index (χ0v) is 22.0. The van der Waals surface area contributed by atoms with Gasteiger partial charge in [-0.25, -0.2) is 0 Å². The summed E-state index contributed by atoms with van der Waals surface area (Å²) in [5.41, 5.74) is 3.65. The molecular weight excluding hydrogens is 478 g/mol. The van der Waals surface area contributed by atoms with Crippen molar-refractivity contribution in [3.05, 3.63) is 66.0 Å². The maximum Gasteiger partial charge on any atom is 0.203 e. The van der Waals surface area contributed by atoms with Gasteiger partial charge >= 0.3 is 0 Å². The molecule has 0 amide bonds. The Bertz CT molecular complexity index is 1190. The van der Waals surface area contributed by atoms with Gasteiger partial charge in [-0.2, -0.15) is 0 Å². The summed E-state index contributed by atoms with van der Waals surface area (Å²) in [6.07, 6.45) is 0. The lowest BCUT2D eigenvalue weighted by atomic mass is 10.1. The van der Waals surface area contributed by atoms with E-state index in [1.54, 1.807) is 54.0 Å². The molecule has 0 atom stereocenters. The van der Waals surface area contributed by atoms with Gasteiger partial charge in [-0.05, 0) is 29.1 Å². The van der Waals surface area contributed by atoms with Gasteiger partial charge in [0, 0.05) is 34.8 Å². The normalized spacial score (nSPS) is 10.5. The highest BCUT2D eigenvalue weighted by Gasteiger charge is 2.23. The Hall–Kier alpha value is -4.04. The largest absolute Gasteiger partial charge is 0.493 e. The highest BCUT2D eigenvalue weighted by molar-refractivity contribution is 7.13. The van der Waals surface area contributed by atoms with Crippen molar-refractivity contribution in [3.63, 3.8) is 0 Å². The third kappa shape index (κ3) is 4.72. The van der Waals surface area contributed by atoms with Gasteiger partial charge in [-0.3, -0.25) is 0 Å². The number of thiophene rings is 1. The smallest absolute Gasteiger partial charge is 0.203 e. The molecule has 0 unspecified atom stereocenters. The number of hydrogen-bond acceptors (Lipinski definition) is 8. The van der Waals surface area contributed by atoms with Crippen LogP contribution in [0.2, 0.25) is 0 Å². The minimum absolute atomic E-state index is 0.515. The summed E-state index contributed by atoms with van der Waals surface area (Å²) in [7, 11) is 9.56. The van der Waals surface area contributed by atoms with E-state index in [4.69, 9.17) is 28.4 Å².